The van der Waals surface area contributed by atoms with Crippen molar-refractivity contribution in [3.8, 4) is 28.7 Å². The number of pyridine rings is 1. The minimum atomic E-state index is 0.131. The number of halogens is 1. The highest BCUT2D eigenvalue weighted by Crippen LogP contribution is 2.34. The van der Waals surface area contributed by atoms with Gasteiger partial charge in [-0.2, -0.15) is 5.26 Å². The fourth-order valence-corrected chi connectivity index (χ4v) is 4.32. The summed E-state index contributed by atoms with van der Waals surface area (Å²) in [6, 6.07) is 21.0. The highest BCUT2D eigenvalue weighted by molar-refractivity contribution is 6.32. The molecule has 0 amide bonds. The van der Waals surface area contributed by atoms with Crippen molar-refractivity contribution in [2.75, 3.05) is 0 Å². The average molecular weight is 509 g/mol. The first-order valence-electron chi connectivity index (χ1n) is 11.5. The van der Waals surface area contributed by atoms with Gasteiger partial charge in [-0.25, -0.2) is 0 Å². The zero-order chi connectivity index (χ0) is 25.8. The van der Waals surface area contributed by atoms with E-state index in [1.54, 1.807) is 24.6 Å². The standard InChI is InChI=1S/C30H21ClN2O4/c1-19-24(3-2-4-26(19)23-6-5-22-7-8-35-28(22)11-23)18-37-30-12-29(25(16-34)10-27(30)31)36-17-21-9-20(13-32)14-33-15-21/h2-12,14-16H,17-18H2,1H3. The van der Waals surface area contributed by atoms with Gasteiger partial charge in [0.1, 0.15) is 36.4 Å². The third kappa shape index (κ3) is 5.18. The lowest BCUT2D eigenvalue weighted by molar-refractivity contribution is 0.111. The van der Waals surface area contributed by atoms with Crippen LogP contribution in [-0.4, -0.2) is 11.3 Å². The van der Waals surface area contributed by atoms with Crippen LogP contribution in [0.25, 0.3) is 22.1 Å². The van der Waals surface area contributed by atoms with Gasteiger partial charge >= 0.3 is 0 Å². The number of benzene rings is 3. The molecule has 0 atom stereocenters. The Balaban J connectivity index is 1.36. The second-order valence-electron chi connectivity index (χ2n) is 8.47. The van der Waals surface area contributed by atoms with Crippen molar-refractivity contribution < 1.29 is 18.7 Å². The first-order chi connectivity index (χ1) is 18.1. The van der Waals surface area contributed by atoms with Crippen molar-refractivity contribution >= 4 is 28.9 Å². The number of aldehydes is 1. The summed E-state index contributed by atoms with van der Waals surface area (Å²) < 4.78 is 17.5. The molecule has 0 N–H and O–H groups in total. The predicted molar refractivity (Wildman–Crippen MR) is 141 cm³/mol. The van der Waals surface area contributed by atoms with Crippen molar-refractivity contribution in [2.24, 2.45) is 0 Å². The Morgan fingerprint density at radius 3 is 2.73 bits per heavy atom. The molecule has 2 heterocycles. The molecule has 0 bridgehead atoms. The lowest BCUT2D eigenvalue weighted by Gasteiger charge is -2.15. The third-order valence-electron chi connectivity index (χ3n) is 6.11. The Labute approximate surface area is 218 Å². The van der Waals surface area contributed by atoms with Crippen LogP contribution in [0.5, 0.6) is 11.5 Å². The lowest BCUT2D eigenvalue weighted by Crippen LogP contribution is -2.03. The van der Waals surface area contributed by atoms with E-state index in [0.717, 1.165) is 33.2 Å². The highest BCUT2D eigenvalue weighted by atomic mass is 35.5. The fourth-order valence-electron chi connectivity index (χ4n) is 4.10. The average Bonchev–Trinajstić information content (AvgIpc) is 3.40. The Hall–Kier alpha value is -4.60. The number of furan rings is 1. The number of hydrogen-bond donors (Lipinski definition) is 0. The van der Waals surface area contributed by atoms with Crippen LogP contribution in [0.3, 0.4) is 0 Å². The Kier molecular flexibility index (Phi) is 6.89. The van der Waals surface area contributed by atoms with Crippen molar-refractivity contribution in [1.82, 2.24) is 4.98 Å². The van der Waals surface area contributed by atoms with Crippen molar-refractivity contribution in [2.45, 2.75) is 20.1 Å². The van der Waals surface area contributed by atoms with E-state index < -0.39 is 0 Å². The van der Waals surface area contributed by atoms with E-state index >= 15 is 0 Å². The van der Waals surface area contributed by atoms with Crippen LogP contribution < -0.4 is 9.47 Å². The molecule has 0 spiro atoms. The molecule has 5 aromatic rings. The van der Waals surface area contributed by atoms with Crippen LogP contribution in [0.4, 0.5) is 0 Å². The molecule has 2 aromatic heterocycles. The Bertz CT molecular complexity index is 1650. The molecule has 182 valence electrons. The van der Waals surface area contributed by atoms with Crippen molar-refractivity contribution in [1.29, 1.82) is 5.26 Å². The summed E-state index contributed by atoms with van der Waals surface area (Å²) in [5.74, 6) is 0.724. The molecule has 0 aliphatic carbocycles. The maximum atomic E-state index is 11.6. The predicted octanol–water partition coefficient (Wildman–Crippen LogP) is 7.30. The third-order valence-corrected chi connectivity index (χ3v) is 6.40. The van der Waals surface area contributed by atoms with E-state index in [0.29, 0.717) is 39.5 Å². The highest BCUT2D eigenvalue weighted by Gasteiger charge is 2.14. The van der Waals surface area contributed by atoms with E-state index in [1.807, 2.05) is 36.4 Å². The summed E-state index contributed by atoms with van der Waals surface area (Å²) >= 11 is 6.42. The first kappa shape index (κ1) is 24.1. The molecule has 0 aliphatic rings. The van der Waals surface area contributed by atoms with Crippen molar-refractivity contribution in [3.05, 3.63) is 112 Å². The van der Waals surface area contributed by atoms with E-state index in [1.165, 1.54) is 12.3 Å². The quantitative estimate of drug-likeness (QED) is 0.204. The van der Waals surface area contributed by atoms with Crippen LogP contribution >= 0.6 is 11.6 Å². The molecule has 37 heavy (non-hydrogen) atoms. The van der Waals surface area contributed by atoms with Crippen molar-refractivity contribution in [3.63, 3.8) is 0 Å². The van der Waals surface area contributed by atoms with Gasteiger partial charge in [0.2, 0.25) is 0 Å². The molecule has 0 unspecified atom stereocenters. The zero-order valence-electron chi connectivity index (χ0n) is 19.9. The molecule has 6 nitrogen and oxygen atoms in total. The number of hydrogen-bond acceptors (Lipinski definition) is 6. The first-order valence-corrected chi connectivity index (χ1v) is 11.9. The fraction of sp³-hybridized carbons (Fsp3) is 0.100. The van der Waals surface area contributed by atoms with Gasteiger partial charge in [0.15, 0.2) is 6.29 Å². The van der Waals surface area contributed by atoms with Crippen LogP contribution in [0, 0.1) is 18.3 Å². The molecule has 0 radical (unpaired) electrons. The van der Waals surface area contributed by atoms with Gasteiger partial charge in [0, 0.05) is 29.4 Å². The van der Waals surface area contributed by atoms with Crippen LogP contribution in [0.15, 0.2) is 83.7 Å². The summed E-state index contributed by atoms with van der Waals surface area (Å²) in [6.45, 7) is 2.46. The SMILES string of the molecule is Cc1c(COc2cc(OCc3cncc(C#N)c3)c(C=O)cc2Cl)cccc1-c1ccc2ccoc2c1. The smallest absolute Gasteiger partial charge is 0.153 e. The number of ether oxygens (including phenoxy) is 2. The number of fused-ring (bicyclic) bond motifs is 1. The second-order valence-corrected chi connectivity index (χ2v) is 8.88. The van der Waals surface area contributed by atoms with E-state index in [2.05, 4.69) is 24.0 Å². The largest absolute Gasteiger partial charge is 0.488 e. The van der Waals surface area contributed by atoms with Crippen LogP contribution in [-0.2, 0) is 13.2 Å². The number of rotatable bonds is 8. The minimum absolute atomic E-state index is 0.131. The molecule has 0 fully saturated rings. The van der Waals surface area contributed by atoms with Gasteiger partial charge in [-0.15, -0.1) is 0 Å². The number of nitrogens with zero attached hydrogens (tertiary/aromatic N) is 2. The van der Waals surface area contributed by atoms with Gasteiger partial charge in [0.25, 0.3) is 0 Å². The van der Waals surface area contributed by atoms with Crippen LogP contribution in [0.2, 0.25) is 5.02 Å². The second kappa shape index (κ2) is 10.6. The molecule has 7 heteroatoms. The Morgan fingerprint density at radius 2 is 1.89 bits per heavy atom. The summed E-state index contributed by atoms with van der Waals surface area (Å²) in [5.41, 5.74) is 6.48. The number of aromatic nitrogens is 1. The minimum Gasteiger partial charge on any atom is -0.488 e. The van der Waals surface area contributed by atoms with Crippen LogP contribution in [0.1, 0.15) is 32.6 Å². The normalized spacial score (nSPS) is 10.7. The van der Waals surface area contributed by atoms with Gasteiger partial charge in [-0.1, -0.05) is 41.9 Å². The summed E-state index contributed by atoms with van der Waals surface area (Å²) in [7, 11) is 0. The lowest BCUT2D eigenvalue weighted by atomic mass is 9.96. The Morgan fingerprint density at radius 1 is 1.03 bits per heavy atom. The summed E-state index contributed by atoms with van der Waals surface area (Å²) in [6.07, 6.45) is 5.44. The number of carbonyl (C=O) groups is 1. The molecule has 0 saturated carbocycles. The maximum absolute atomic E-state index is 11.6. The van der Waals surface area contributed by atoms with Gasteiger partial charge in [-0.05, 0) is 53.4 Å². The van der Waals surface area contributed by atoms with Gasteiger partial charge in [0.05, 0.1) is 22.4 Å². The number of carbonyl (C=O) groups excluding carboxylic acids is 1. The number of nitriles is 1. The topological polar surface area (TPSA) is 85.4 Å². The molecule has 0 aliphatic heterocycles. The van der Waals surface area contributed by atoms with E-state index in [9.17, 15) is 4.79 Å². The molecule has 5 rings (SSSR count). The maximum Gasteiger partial charge on any atom is 0.153 e. The zero-order valence-corrected chi connectivity index (χ0v) is 20.7. The summed E-state index contributed by atoms with van der Waals surface area (Å²) in [5, 5.41) is 10.4. The van der Waals surface area contributed by atoms with Gasteiger partial charge in [-0.3, -0.25) is 9.78 Å². The van der Waals surface area contributed by atoms with E-state index in [4.69, 9.17) is 30.8 Å². The summed E-state index contributed by atoms with van der Waals surface area (Å²) in [4.78, 5) is 15.7. The van der Waals surface area contributed by atoms with E-state index in [-0.39, 0.29) is 13.2 Å². The molecular weight excluding hydrogens is 488 g/mol. The van der Waals surface area contributed by atoms with Gasteiger partial charge < -0.3 is 13.9 Å². The monoisotopic (exact) mass is 508 g/mol. The molecule has 3 aromatic carbocycles. The molecule has 0 saturated heterocycles. The molecular formula is C30H21ClN2O4.